The molecule has 0 aromatic carbocycles. The van der Waals surface area contributed by atoms with Crippen molar-refractivity contribution < 1.29 is 14.3 Å². The third kappa shape index (κ3) is 1.97. The average Bonchev–Trinajstić information content (AvgIpc) is 3.18. The van der Waals surface area contributed by atoms with Crippen LogP contribution in [0.25, 0.3) is 0 Å². The third-order valence-corrected chi connectivity index (χ3v) is 8.67. The smallest absolute Gasteiger partial charge is 0.307 e. The van der Waals surface area contributed by atoms with Crippen LogP contribution >= 0.6 is 0 Å². The number of esters is 1. The van der Waals surface area contributed by atoms with Crippen molar-refractivity contribution in [3.8, 4) is 0 Å². The molecule has 4 fully saturated rings. The van der Waals surface area contributed by atoms with E-state index in [0.717, 1.165) is 29.9 Å². The van der Waals surface area contributed by atoms with Crippen molar-refractivity contribution in [2.45, 2.75) is 77.9 Å². The summed E-state index contributed by atoms with van der Waals surface area (Å²) in [5, 5.41) is 0. The zero-order valence-corrected chi connectivity index (χ0v) is 15.2. The highest BCUT2D eigenvalue weighted by Gasteiger charge is 2.63. The minimum Gasteiger partial charge on any atom is -0.431 e. The Morgan fingerprint density at radius 3 is 2.83 bits per heavy atom. The van der Waals surface area contributed by atoms with E-state index >= 15 is 0 Å². The van der Waals surface area contributed by atoms with Gasteiger partial charge in [0.15, 0.2) is 0 Å². The van der Waals surface area contributed by atoms with Gasteiger partial charge in [-0.3, -0.25) is 4.79 Å². The zero-order valence-electron chi connectivity index (χ0n) is 15.2. The van der Waals surface area contributed by atoms with Crippen LogP contribution in [0, 0.1) is 34.5 Å². The van der Waals surface area contributed by atoms with Gasteiger partial charge in [0, 0.05) is 12.3 Å². The minimum atomic E-state index is -0.162. The normalized spacial score (nSPS) is 54.7. The summed E-state index contributed by atoms with van der Waals surface area (Å²) in [6, 6.07) is 0. The summed E-state index contributed by atoms with van der Waals surface area (Å²) < 4.78 is 11.5. The second-order valence-corrected chi connectivity index (χ2v) is 9.66. The number of ether oxygens (including phenoxy) is 2. The van der Waals surface area contributed by atoms with Crippen LogP contribution in [0.15, 0.2) is 11.8 Å². The molecule has 0 bridgehead atoms. The summed E-state index contributed by atoms with van der Waals surface area (Å²) in [4.78, 5) is 11.5. The lowest BCUT2D eigenvalue weighted by molar-refractivity contribution is -0.142. The minimum absolute atomic E-state index is 0.0866. The Bertz CT molecular complexity index is 610. The van der Waals surface area contributed by atoms with E-state index in [1.165, 1.54) is 45.4 Å². The number of rotatable bonds is 1. The first kappa shape index (κ1) is 15.4. The van der Waals surface area contributed by atoms with Gasteiger partial charge in [-0.2, -0.15) is 0 Å². The molecule has 132 valence electrons. The average molecular weight is 330 g/mol. The lowest BCUT2D eigenvalue weighted by Gasteiger charge is -2.59. The molecular formula is C21H30O3. The van der Waals surface area contributed by atoms with E-state index in [4.69, 9.17) is 9.47 Å². The van der Waals surface area contributed by atoms with Crippen LogP contribution in [-0.2, 0) is 14.3 Å². The fourth-order valence-electron chi connectivity index (χ4n) is 7.36. The lowest BCUT2D eigenvalue weighted by Crippen LogP contribution is -2.53. The van der Waals surface area contributed by atoms with Crippen LogP contribution in [0.1, 0.15) is 65.7 Å². The lowest BCUT2D eigenvalue weighted by atomic mass is 9.45. The number of epoxide rings is 1. The highest BCUT2D eigenvalue weighted by molar-refractivity contribution is 5.67. The Balaban J connectivity index is 1.42. The van der Waals surface area contributed by atoms with Gasteiger partial charge in [-0.1, -0.05) is 13.8 Å². The predicted octanol–water partition coefficient (Wildman–Crippen LogP) is 4.46. The summed E-state index contributed by atoms with van der Waals surface area (Å²) >= 11 is 0. The van der Waals surface area contributed by atoms with Gasteiger partial charge in [0.05, 0.1) is 12.2 Å². The number of carbonyl (C=O) groups excluding carboxylic acids is 1. The third-order valence-electron chi connectivity index (χ3n) is 8.67. The van der Waals surface area contributed by atoms with Crippen LogP contribution in [-0.4, -0.2) is 18.2 Å². The van der Waals surface area contributed by atoms with Crippen molar-refractivity contribution in [3.63, 3.8) is 0 Å². The summed E-state index contributed by atoms with van der Waals surface area (Å²) in [6.07, 6.45) is 12.3. The van der Waals surface area contributed by atoms with Crippen molar-refractivity contribution in [1.29, 1.82) is 0 Å². The first-order valence-corrected chi connectivity index (χ1v) is 9.96. The largest absolute Gasteiger partial charge is 0.431 e. The van der Waals surface area contributed by atoms with Crippen LogP contribution in [0.4, 0.5) is 0 Å². The molecule has 8 atom stereocenters. The highest BCUT2D eigenvalue weighted by Crippen LogP contribution is 2.67. The maximum absolute atomic E-state index is 11.5. The SMILES string of the molecule is CC(=O)OC1=CC[C@H]2[C@@H]3CC[C@H]4C[C@@H]5O[C@@H]5C[C@]4(C)[C@H]3CC[C@]12C. The van der Waals surface area contributed by atoms with Gasteiger partial charge in [0.25, 0.3) is 0 Å². The zero-order chi connectivity index (χ0) is 16.7. The van der Waals surface area contributed by atoms with Crippen molar-refractivity contribution in [2.24, 2.45) is 34.5 Å². The molecule has 1 aliphatic heterocycles. The molecule has 5 aliphatic rings. The highest BCUT2D eigenvalue weighted by atomic mass is 16.6. The summed E-state index contributed by atoms with van der Waals surface area (Å²) in [7, 11) is 0. The fourth-order valence-corrected chi connectivity index (χ4v) is 7.36. The van der Waals surface area contributed by atoms with Crippen LogP contribution in [0.3, 0.4) is 0 Å². The van der Waals surface area contributed by atoms with Crippen LogP contribution < -0.4 is 0 Å². The summed E-state index contributed by atoms with van der Waals surface area (Å²) in [5.74, 6) is 3.98. The van der Waals surface area contributed by atoms with Gasteiger partial charge in [-0.15, -0.1) is 0 Å². The van der Waals surface area contributed by atoms with E-state index in [-0.39, 0.29) is 11.4 Å². The molecule has 3 saturated carbocycles. The molecule has 0 aromatic rings. The summed E-state index contributed by atoms with van der Waals surface area (Å²) in [5.41, 5.74) is 0.565. The Morgan fingerprint density at radius 2 is 2.04 bits per heavy atom. The Morgan fingerprint density at radius 1 is 1.21 bits per heavy atom. The molecule has 3 nitrogen and oxygen atoms in total. The predicted molar refractivity (Wildman–Crippen MR) is 91.0 cm³/mol. The fraction of sp³-hybridized carbons (Fsp3) is 0.857. The molecule has 1 saturated heterocycles. The number of hydrogen-bond acceptors (Lipinski definition) is 3. The van der Waals surface area contributed by atoms with Gasteiger partial charge in [-0.25, -0.2) is 0 Å². The molecule has 1 heterocycles. The van der Waals surface area contributed by atoms with E-state index in [1.807, 2.05) is 0 Å². The van der Waals surface area contributed by atoms with Gasteiger partial charge in [-0.05, 0) is 80.1 Å². The number of hydrogen-bond donors (Lipinski definition) is 0. The van der Waals surface area contributed by atoms with Crippen LogP contribution in [0.5, 0.6) is 0 Å². The molecule has 24 heavy (non-hydrogen) atoms. The first-order valence-electron chi connectivity index (χ1n) is 9.96. The molecule has 3 heteroatoms. The summed E-state index contributed by atoms with van der Waals surface area (Å²) in [6.45, 7) is 6.46. The van der Waals surface area contributed by atoms with E-state index in [2.05, 4.69) is 19.9 Å². The number of allylic oxidation sites excluding steroid dienone is 2. The monoisotopic (exact) mass is 330 g/mol. The maximum Gasteiger partial charge on any atom is 0.307 e. The Kier molecular flexibility index (Phi) is 3.13. The van der Waals surface area contributed by atoms with Crippen molar-refractivity contribution in [1.82, 2.24) is 0 Å². The Labute approximate surface area is 145 Å². The molecule has 0 N–H and O–H groups in total. The quantitative estimate of drug-likeness (QED) is 0.526. The molecule has 4 aliphatic carbocycles. The number of fused-ring (bicyclic) bond motifs is 6. The van der Waals surface area contributed by atoms with E-state index in [1.54, 1.807) is 0 Å². The maximum atomic E-state index is 11.5. The molecule has 0 aromatic heterocycles. The van der Waals surface area contributed by atoms with Crippen molar-refractivity contribution in [3.05, 3.63) is 11.8 Å². The molecule has 0 unspecified atom stereocenters. The molecule has 0 radical (unpaired) electrons. The van der Waals surface area contributed by atoms with Crippen LogP contribution in [0.2, 0.25) is 0 Å². The second kappa shape index (κ2) is 4.87. The molecule has 5 rings (SSSR count). The topological polar surface area (TPSA) is 38.8 Å². The Hall–Kier alpha value is -0.830. The van der Waals surface area contributed by atoms with Crippen molar-refractivity contribution in [2.75, 3.05) is 0 Å². The van der Waals surface area contributed by atoms with Gasteiger partial charge in [0.1, 0.15) is 5.76 Å². The van der Waals surface area contributed by atoms with E-state index in [9.17, 15) is 4.79 Å². The molecular weight excluding hydrogens is 300 g/mol. The number of carbonyl (C=O) groups is 1. The molecule has 0 amide bonds. The van der Waals surface area contributed by atoms with Gasteiger partial charge in [0.2, 0.25) is 0 Å². The van der Waals surface area contributed by atoms with E-state index < -0.39 is 0 Å². The first-order chi connectivity index (χ1) is 11.4. The van der Waals surface area contributed by atoms with Gasteiger partial charge >= 0.3 is 5.97 Å². The second-order valence-electron chi connectivity index (χ2n) is 9.66. The van der Waals surface area contributed by atoms with Gasteiger partial charge < -0.3 is 9.47 Å². The van der Waals surface area contributed by atoms with Crippen molar-refractivity contribution >= 4 is 5.97 Å². The van der Waals surface area contributed by atoms with E-state index in [0.29, 0.717) is 23.5 Å². The standard InChI is InChI=1S/C21H30O3/c1-12(22)23-19-7-6-15-14-5-4-13-10-17-18(24-17)11-21(13,3)16(14)8-9-20(15,19)2/h7,13-18H,4-6,8-11H2,1-3H3/t13-,14-,15-,16-,17-,18+,20-,21-/m0/s1. The molecule has 0 spiro atoms.